The van der Waals surface area contributed by atoms with Gasteiger partial charge in [0, 0.05) is 5.69 Å². The molecule has 0 heterocycles. The fourth-order valence-electron chi connectivity index (χ4n) is 2.19. The molecule has 0 aliphatic rings. The molecule has 0 saturated carbocycles. The molecule has 0 spiro atoms. The molecular weight excluding hydrogens is 347 g/mol. The summed E-state index contributed by atoms with van der Waals surface area (Å²) in [7, 11) is 0. The van der Waals surface area contributed by atoms with E-state index in [1.165, 1.54) is 12.1 Å². The number of anilines is 1. The molecule has 1 N–H and O–H groups in total. The van der Waals surface area contributed by atoms with E-state index in [9.17, 15) is 18.0 Å². The molecule has 4 nitrogen and oxygen atoms in total. The average molecular weight is 367 g/mol. The van der Waals surface area contributed by atoms with Crippen LogP contribution in [0.4, 0.5) is 23.7 Å². The lowest BCUT2D eigenvalue weighted by Crippen LogP contribution is -2.27. The minimum Gasteiger partial charge on any atom is -0.490 e. The first kappa shape index (κ1) is 19.6. The predicted octanol–water partition coefficient (Wildman–Crippen LogP) is 5.42. The molecule has 2 rings (SSSR count). The number of benzene rings is 2. The summed E-state index contributed by atoms with van der Waals surface area (Å²) in [5.74, 6) is 0.0705. The van der Waals surface area contributed by atoms with Crippen LogP contribution in [-0.4, -0.2) is 18.8 Å². The highest BCUT2D eigenvalue weighted by Crippen LogP contribution is 2.31. The molecule has 2 aromatic rings. The number of ether oxygens (including phenoxy) is 2. The molecule has 2 aromatic carbocycles. The Labute approximate surface area is 149 Å². The first-order valence-electron chi connectivity index (χ1n) is 8.13. The topological polar surface area (TPSA) is 47.6 Å². The van der Waals surface area contributed by atoms with Gasteiger partial charge in [0.05, 0.1) is 5.56 Å². The zero-order chi connectivity index (χ0) is 19.2. The Morgan fingerprint density at radius 1 is 1.15 bits per heavy atom. The van der Waals surface area contributed by atoms with Gasteiger partial charge >= 0.3 is 12.3 Å². The summed E-state index contributed by atoms with van der Waals surface area (Å²) >= 11 is 0. The van der Waals surface area contributed by atoms with Gasteiger partial charge in [0.2, 0.25) is 0 Å². The molecule has 0 saturated heterocycles. The van der Waals surface area contributed by atoms with Gasteiger partial charge in [0.1, 0.15) is 18.5 Å². The van der Waals surface area contributed by atoms with Crippen LogP contribution in [-0.2, 0) is 10.9 Å². The van der Waals surface area contributed by atoms with Gasteiger partial charge in [0.15, 0.2) is 0 Å². The van der Waals surface area contributed by atoms with Crippen LogP contribution < -0.4 is 10.1 Å². The van der Waals surface area contributed by atoms with Crippen LogP contribution in [0.1, 0.15) is 24.5 Å². The second-order valence-corrected chi connectivity index (χ2v) is 5.71. The number of carbonyl (C=O) groups excluding carboxylic acids is 1. The first-order chi connectivity index (χ1) is 12.3. The first-order valence-corrected chi connectivity index (χ1v) is 8.13. The Bertz CT molecular complexity index is 747. The van der Waals surface area contributed by atoms with Crippen molar-refractivity contribution >= 4 is 11.8 Å². The van der Waals surface area contributed by atoms with Gasteiger partial charge in [-0.2, -0.15) is 13.2 Å². The van der Waals surface area contributed by atoms with Crippen LogP contribution in [0, 0.1) is 6.92 Å². The van der Waals surface area contributed by atoms with Gasteiger partial charge in [-0.05, 0) is 43.2 Å². The van der Waals surface area contributed by atoms with Crippen molar-refractivity contribution in [1.29, 1.82) is 0 Å². The molecule has 1 unspecified atom stereocenters. The number of hydrogen-bond acceptors (Lipinski definition) is 3. The maximum Gasteiger partial charge on any atom is 0.416 e. The molecule has 26 heavy (non-hydrogen) atoms. The number of alkyl halides is 3. The van der Waals surface area contributed by atoms with E-state index < -0.39 is 23.9 Å². The smallest absolute Gasteiger partial charge is 0.416 e. The second-order valence-electron chi connectivity index (χ2n) is 5.71. The fraction of sp³-hybridized carbons (Fsp3) is 0.316. The molecule has 140 valence electrons. The van der Waals surface area contributed by atoms with Gasteiger partial charge in [-0.3, -0.25) is 5.32 Å². The van der Waals surface area contributed by atoms with Crippen molar-refractivity contribution in [2.24, 2.45) is 0 Å². The highest BCUT2D eigenvalue weighted by Gasteiger charge is 2.30. The number of nitrogens with one attached hydrogen (secondary N) is 1. The van der Waals surface area contributed by atoms with Crippen molar-refractivity contribution in [1.82, 2.24) is 0 Å². The van der Waals surface area contributed by atoms with Gasteiger partial charge < -0.3 is 9.47 Å². The molecule has 0 aliphatic carbocycles. The third-order valence-corrected chi connectivity index (χ3v) is 3.71. The lowest BCUT2D eigenvalue weighted by molar-refractivity contribution is -0.137. The Morgan fingerprint density at radius 3 is 2.54 bits per heavy atom. The largest absolute Gasteiger partial charge is 0.490 e. The van der Waals surface area contributed by atoms with Crippen LogP contribution in [0.25, 0.3) is 0 Å². The van der Waals surface area contributed by atoms with Crippen LogP contribution in [0.5, 0.6) is 5.75 Å². The van der Waals surface area contributed by atoms with Crippen LogP contribution in [0.3, 0.4) is 0 Å². The number of halogens is 3. The van der Waals surface area contributed by atoms with Gasteiger partial charge in [-0.15, -0.1) is 0 Å². The SMILES string of the molecule is CCC(COc1cccc(C(F)(F)F)c1)OC(=O)Nc1ccccc1C. The van der Waals surface area contributed by atoms with E-state index in [0.717, 1.165) is 17.7 Å². The third-order valence-electron chi connectivity index (χ3n) is 3.71. The van der Waals surface area contributed by atoms with Crippen molar-refractivity contribution in [2.75, 3.05) is 11.9 Å². The molecule has 1 amide bonds. The second kappa shape index (κ2) is 8.60. The number of carbonyl (C=O) groups is 1. The van der Waals surface area contributed by atoms with E-state index in [4.69, 9.17) is 9.47 Å². The Kier molecular flexibility index (Phi) is 6.49. The van der Waals surface area contributed by atoms with Crippen LogP contribution in [0.15, 0.2) is 48.5 Å². The zero-order valence-corrected chi connectivity index (χ0v) is 14.5. The Balaban J connectivity index is 1.91. The summed E-state index contributed by atoms with van der Waals surface area (Å²) in [4.78, 5) is 12.0. The summed E-state index contributed by atoms with van der Waals surface area (Å²) in [5, 5.41) is 2.64. The molecule has 0 aliphatic heterocycles. The van der Waals surface area contributed by atoms with E-state index >= 15 is 0 Å². The molecule has 0 radical (unpaired) electrons. The maximum absolute atomic E-state index is 12.7. The highest BCUT2D eigenvalue weighted by molar-refractivity contribution is 5.85. The molecular formula is C19H20F3NO3. The number of hydrogen-bond donors (Lipinski definition) is 1. The molecule has 0 fully saturated rings. The zero-order valence-electron chi connectivity index (χ0n) is 14.5. The maximum atomic E-state index is 12.7. The van der Waals surface area contributed by atoms with Gasteiger partial charge in [-0.1, -0.05) is 31.2 Å². The van der Waals surface area contributed by atoms with Crippen molar-refractivity contribution < 1.29 is 27.4 Å². The number of aryl methyl sites for hydroxylation is 1. The van der Waals surface area contributed by atoms with E-state index in [2.05, 4.69) is 5.32 Å². The van der Waals surface area contributed by atoms with Crippen LogP contribution >= 0.6 is 0 Å². The summed E-state index contributed by atoms with van der Waals surface area (Å²) in [6.45, 7) is 3.60. The van der Waals surface area contributed by atoms with E-state index in [0.29, 0.717) is 12.1 Å². The number of para-hydroxylation sites is 1. The Morgan fingerprint density at radius 2 is 1.88 bits per heavy atom. The summed E-state index contributed by atoms with van der Waals surface area (Å²) in [5.41, 5.74) is 0.727. The average Bonchev–Trinajstić information content (AvgIpc) is 2.60. The minimum absolute atomic E-state index is 0.0427. The van der Waals surface area contributed by atoms with Gasteiger partial charge in [-0.25, -0.2) is 4.79 Å². The van der Waals surface area contributed by atoms with Crippen molar-refractivity contribution in [3.63, 3.8) is 0 Å². The standard InChI is InChI=1S/C19H20F3NO3/c1-3-15(26-18(24)23-17-10-5-4-7-13(17)2)12-25-16-9-6-8-14(11-16)19(20,21)22/h4-11,15H,3,12H2,1-2H3,(H,23,24). The highest BCUT2D eigenvalue weighted by atomic mass is 19.4. The third kappa shape index (κ3) is 5.68. The van der Waals surface area contributed by atoms with E-state index in [-0.39, 0.29) is 12.4 Å². The molecule has 7 heteroatoms. The van der Waals surface area contributed by atoms with E-state index in [1.807, 2.05) is 19.1 Å². The lowest BCUT2D eigenvalue weighted by atomic mass is 10.2. The number of amides is 1. The fourth-order valence-corrected chi connectivity index (χ4v) is 2.19. The summed E-state index contributed by atoms with van der Waals surface area (Å²) in [6.07, 6.45) is -5.21. The normalized spacial score (nSPS) is 12.3. The minimum atomic E-state index is -4.44. The summed E-state index contributed by atoms with van der Waals surface area (Å²) < 4.78 is 48.8. The molecule has 1 atom stereocenters. The monoisotopic (exact) mass is 367 g/mol. The summed E-state index contributed by atoms with van der Waals surface area (Å²) in [6, 6.07) is 11.8. The van der Waals surface area contributed by atoms with E-state index in [1.54, 1.807) is 19.1 Å². The quantitative estimate of drug-likeness (QED) is 0.742. The van der Waals surface area contributed by atoms with Crippen molar-refractivity contribution in [3.8, 4) is 5.75 Å². The van der Waals surface area contributed by atoms with Crippen LogP contribution in [0.2, 0.25) is 0 Å². The predicted molar refractivity (Wildman–Crippen MR) is 92.3 cm³/mol. The molecule has 0 bridgehead atoms. The van der Waals surface area contributed by atoms with Crippen molar-refractivity contribution in [2.45, 2.75) is 32.5 Å². The lowest BCUT2D eigenvalue weighted by Gasteiger charge is -2.18. The molecule has 0 aromatic heterocycles. The Hall–Kier alpha value is -2.70. The van der Waals surface area contributed by atoms with Gasteiger partial charge in [0.25, 0.3) is 0 Å². The number of rotatable bonds is 6. The van der Waals surface area contributed by atoms with Crippen molar-refractivity contribution in [3.05, 3.63) is 59.7 Å².